The Kier molecular flexibility index (Phi) is 19.0. The molecule has 2 aromatic carbocycles. The molecule has 5 heterocycles. The van der Waals surface area contributed by atoms with Gasteiger partial charge < -0.3 is 40.2 Å². The van der Waals surface area contributed by atoms with Crippen molar-refractivity contribution in [2.45, 2.75) is 108 Å². The van der Waals surface area contributed by atoms with Crippen LogP contribution in [0.25, 0.3) is 11.3 Å². The molecule has 6 atom stereocenters. The van der Waals surface area contributed by atoms with Gasteiger partial charge >= 0.3 is 24.5 Å². The zero-order valence-electron chi connectivity index (χ0n) is 44.0. The molecule has 17 nitrogen and oxygen atoms in total. The second-order valence-corrected chi connectivity index (χ2v) is 21.5. The Hall–Kier alpha value is -6.42. The highest BCUT2D eigenvalue weighted by atomic mass is 35.5. The summed E-state index contributed by atoms with van der Waals surface area (Å²) in [6, 6.07) is 13.3. The predicted molar refractivity (Wildman–Crippen MR) is 280 cm³/mol. The maximum atomic E-state index is 14.6. The van der Waals surface area contributed by atoms with E-state index >= 15 is 0 Å². The smallest absolute Gasteiger partial charge is 0.407 e. The highest BCUT2D eigenvalue weighted by molar-refractivity contribution is 6.36. The number of benzene rings is 2. The van der Waals surface area contributed by atoms with Crippen molar-refractivity contribution in [3.8, 4) is 23.1 Å². The molecule has 4 aromatic rings. The van der Waals surface area contributed by atoms with Crippen LogP contribution in [0.3, 0.4) is 0 Å². The number of hydrogen-bond donors (Lipinski definition) is 5. The second kappa shape index (κ2) is 24.9. The standard InChI is InChI=1S/C54H61Cl2F6N9O8/c1-51(2,53(57,58)59)45(66-49(75)77-5)47(73)65-42(21-32-13-10-31(11-14-32)12-15-33-16-19-44(64-24-33)69-25-35-17-18-36(26-69)71(35)37-29-79-30-37)43(72)28-70(68-48(74)46(67-50(76)78-6)52(3,4)54(60,61)62)27-38-39(55)22-34(23-40(38)56)41-9-7-8-20-63-41/h7-11,13-14,16,19-20,22-24,35-37,42-43,45-46,72H,17-18,21,25-30H2,1-6H3,(H,65,73)(H,66,75)(H,67,76)(H,68,74)/t35?,36?,42-,43-,45+,46+/m0/s1. The number of rotatable bonds is 18. The van der Waals surface area contributed by atoms with Crippen molar-refractivity contribution in [2.24, 2.45) is 10.8 Å². The summed E-state index contributed by atoms with van der Waals surface area (Å²) in [6.07, 6.45) is -9.74. The number of hydrazine groups is 1. The summed E-state index contributed by atoms with van der Waals surface area (Å²) in [7, 11) is 1.75. The Labute approximate surface area is 463 Å². The van der Waals surface area contributed by atoms with Crippen LogP contribution in [0.2, 0.25) is 10.0 Å². The molecule has 79 heavy (non-hydrogen) atoms. The number of hydrogen-bond acceptors (Lipinski definition) is 13. The fraction of sp³-hybridized carbons (Fsp3) is 0.481. The minimum Gasteiger partial charge on any atom is -0.453 e. The van der Waals surface area contributed by atoms with Crippen molar-refractivity contribution < 1.29 is 64.8 Å². The first kappa shape index (κ1) is 60.2. The molecule has 2 unspecified atom stereocenters. The van der Waals surface area contributed by atoms with Gasteiger partial charge in [0.25, 0.3) is 5.91 Å². The van der Waals surface area contributed by atoms with Gasteiger partial charge in [-0.25, -0.2) is 19.6 Å². The van der Waals surface area contributed by atoms with Crippen LogP contribution in [0.4, 0.5) is 41.7 Å². The Morgan fingerprint density at radius 3 is 1.82 bits per heavy atom. The largest absolute Gasteiger partial charge is 0.453 e. The summed E-state index contributed by atoms with van der Waals surface area (Å²) in [4.78, 5) is 67.1. The number of nitrogens with zero attached hydrogens (tertiary/aromatic N) is 5. The molecule has 5 N–H and O–H groups in total. The lowest BCUT2D eigenvalue weighted by atomic mass is 9.82. The van der Waals surface area contributed by atoms with Gasteiger partial charge in [-0.1, -0.05) is 53.2 Å². The number of methoxy groups -OCH3 is 2. The van der Waals surface area contributed by atoms with E-state index in [1.807, 2.05) is 22.8 Å². The fourth-order valence-electron chi connectivity index (χ4n) is 9.61. The average molecular weight is 1150 g/mol. The summed E-state index contributed by atoms with van der Waals surface area (Å²) in [5.41, 5.74) is -1.03. The molecule has 0 saturated carbocycles. The summed E-state index contributed by atoms with van der Waals surface area (Å²) in [5, 5.41) is 19.4. The topological polar surface area (TPSA) is 200 Å². The van der Waals surface area contributed by atoms with Gasteiger partial charge in [-0.05, 0) is 101 Å². The maximum absolute atomic E-state index is 14.6. The molecular weight excluding hydrogens is 1090 g/mol. The number of aliphatic hydroxyl groups is 1. The van der Waals surface area contributed by atoms with Crippen molar-refractivity contribution in [1.82, 2.24) is 41.3 Å². The summed E-state index contributed by atoms with van der Waals surface area (Å²) < 4.78 is 102. The highest BCUT2D eigenvalue weighted by Crippen LogP contribution is 2.42. The minimum absolute atomic E-state index is 0.0230. The highest BCUT2D eigenvalue weighted by Gasteiger charge is 2.57. The van der Waals surface area contributed by atoms with E-state index in [0.29, 0.717) is 73.8 Å². The number of piperazine rings is 1. The number of anilines is 1. The monoisotopic (exact) mass is 1150 g/mol. The van der Waals surface area contributed by atoms with E-state index in [0.717, 1.165) is 64.2 Å². The van der Waals surface area contributed by atoms with Crippen LogP contribution >= 0.6 is 23.2 Å². The molecule has 7 rings (SSSR count). The fourth-order valence-corrected chi connectivity index (χ4v) is 10.2. The number of ether oxygens (including phenoxy) is 3. The molecule has 0 radical (unpaired) electrons. The third-order valence-corrected chi connectivity index (χ3v) is 15.3. The number of amides is 4. The molecule has 0 spiro atoms. The second-order valence-electron chi connectivity index (χ2n) is 20.7. The van der Waals surface area contributed by atoms with Crippen LogP contribution in [-0.4, -0.2) is 151 Å². The third-order valence-electron chi connectivity index (χ3n) is 14.7. The summed E-state index contributed by atoms with van der Waals surface area (Å²) in [6.45, 7) is 4.59. The molecule has 3 fully saturated rings. The van der Waals surface area contributed by atoms with Gasteiger partial charge in [-0.2, -0.15) is 26.3 Å². The van der Waals surface area contributed by atoms with Gasteiger partial charge in [0.1, 0.15) is 17.9 Å². The number of nitrogens with one attached hydrogen (secondary N) is 4. The molecule has 3 aliphatic rings. The van der Waals surface area contributed by atoms with Crippen molar-refractivity contribution >= 4 is 53.0 Å². The number of halogens is 8. The van der Waals surface area contributed by atoms with Crippen LogP contribution in [0.15, 0.2) is 79.1 Å². The molecule has 25 heteroatoms. The van der Waals surface area contributed by atoms with Crippen LogP contribution in [0, 0.1) is 22.7 Å². The first-order valence-corrected chi connectivity index (χ1v) is 25.9. The molecule has 3 saturated heterocycles. The quantitative estimate of drug-likeness (QED) is 0.0374. The van der Waals surface area contributed by atoms with Gasteiger partial charge in [0.2, 0.25) is 5.91 Å². The summed E-state index contributed by atoms with van der Waals surface area (Å²) in [5.74, 6) is 4.15. The number of fused-ring (bicyclic) bond motifs is 2. The van der Waals surface area contributed by atoms with E-state index in [1.54, 1.807) is 48.7 Å². The number of alkyl halides is 6. The van der Waals surface area contributed by atoms with Crippen LogP contribution in [-0.2, 0) is 36.8 Å². The number of pyridine rings is 2. The van der Waals surface area contributed by atoms with Crippen LogP contribution in [0.1, 0.15) is 62.8 Å². The van der Waals surface area contributed by atoms with Crippen molar-refractivity contribution in [3.63, 3.8) is 0 Å². The molecule has 0 aliphatic carbocycles. The van der Waals surface area contributed by atoms with Crippen molar-refractivity contribution in [3.05, 3.63) is 111 Å². The zero-order chi connectivity index (χ0) is 57.6. The van der Waals surface area contributed by atoms with Crippen molar-refractivity contribution in [2.75, 3.05) is 52.0 Å². The Bertz CT molecular complexity index is 2830. The average Bonchev–Trinajstić information content (AvgIpc) is 3.78. The molecule has 426 valence electrons. The first-order chi connectivity index (χ1) is 37.2. The predicted octanol–water partition coefficient (Wildman–Crippen LogP) is 7.45. The lowest BCUT2D eigenvalue weighted by molar-refractivity contribution is -0.221. The summed E-state index contributed by atoms with van der Waals surface area (Å²) >= 11 is 13.6. The first-order valence-electron chi connectivity index (χ1n) is 25.1. The number of aliphatic hydroxyl groups excluding tert-OH is 1. The van der Waals surface area contributed by atoms with Gasteiger partial charge in [0, 0.05) is 83.0 Å². The molecule has 2 bridgehead atoms. The minimum atomic E-state index is -5.10. The lowest BCUT2D eigenvalue weighted by Crippen LogP contribution is -2.63. The van der Waals surface area contributed by atoms with Crippen LogP contribution < -0.4 is 26.3 Å². The van der Waals surface area contributed by atoms with Gasteiger partial charge in [0.15, 0.2) is 0 Å². The van der Waals surface area contributed by atoms with E-state index in [1.165, 1.54) is 18.3 Å². The molecule has 4 amide bonds. The van der Waals surface area contributed by atoms with Gasteiger partial charge in [0.05, 0.1) is 62.1 Å². The van der Waals surface area contributed by atoms with E-state index < -0.39 is 84.5 Å². The number of alkyl carbamates (subject to hydrolysis) is 2. The zero-order valence-corrected chi connectivity index (χ0v) is 45.5. The third kappa shape index (κ3) is 14.3. The molecule has 2 aromatic heterocycles. The van der Waals surface area contributed by atoms with Crippen LogP contribution in [0.5, 0.6) is 0 Å². The Morgan fingerprint density at radius 1 is 0.772 bits per heavy atom. The maximum Gasteiger partial charge on any atom is 0.407 e. The Balaban J connectivity index is 1.17. The lowest BCUT2D eigenvalue weighted by Gasteiger charge is -2.47. The SMILES string of the molecule is COC(=O)N[C@H](C(=O)N[C@@H](Cc1ccc(C#Cc2ccc(N3CC4CCC(C3)N4C3COC3)nc2)cc1)[C@@H](O)CN(Cc1c(Cl)cc(-c2ccccn2)cc1Cl)NC(=O)[C@@H](NC(=O)OC)C(C)(C)C(F)(F)F)C(C)(C)C(F)(F)F. The van der Waals surface area contributed by atoms with Crippen molar-refractivity contribution in [1.29, 1.82) is 0 Å². The van der Waals surface area contributed by atoms with Gasteiger partial charge in [-0.3, -0.25) is 24.9 Å². The number of aromatic nitrogens is 2. The normalized spacial score (nSPS) is 18.5. The van der Waals surface area contributed by atoms with E-state index in [9.17, 15) is 50.6 Å². The number of carbonyl (C=O) groups is 4. The van der Waals surface area contributed by atoms with Gasteiger partial charge in [-0.15, -0.1) is 0 Å². The van der Waals surface area contributed by atoms with E-state index in [-0.39, 0.29) is 22.0 Å². The van der Waals surface area contributed by atoms with E-state index in [4.69, 9.17) is 32.9 Å². The molecule has 3 aliphatic heterocycles. The number of carbonyl (C=O) groups excluding carboxylic acids is 4. The van der Waals surface area contributed by atoms with E-state index in [2.05, 4.69) is 46.8 Å². The molecular formula is C54H61Cl2F6N9O8. The Morgan fingerprint density at radius 2 is 1.33 bits per heavy atom.